The van der Waals surface area contributed by atoms with E-state index >= 15 is 0 Å². The molecule has 0 fully saturated rings. The van der Waals surface area contributed by atoms with Crippen molar-refractivity contribution in [3.63, 3.8) is 0 Å². The molecule has 0 saturated heterocycles. The molecule has 0 aliphatic heterocycles. The van der Waals surface area contributed by atoms with Crippen molar-refractivity contribution in [2.45, 2.75) is 50.6 Å². The van der Waals surface area contributed by atoms with Gasteiger partial charge in [-0.2, -0.15) is 0 Å². The van der Waals surface area contributed by atoms with Crippen LogP contribution in [0.25, 0.3) is 0 Å². The van der Waals surface area contributed by atoms with Gasteiger partial charge >= 0.3 is 0 Å². The first-order valence-electron chi connectivity index (χ1n) is 15.5. The van der Waals surface area contributed by atoms with E-state index in [2.05, 4.69) is 5.32 Å². The van der Waals surface area contributed by atoms with Gasteiger partial charge < -0.3 is 15.0 Å². The highest BCUT2D eigenvalue weighted by Crippen LogP contribution is 2.29. The minimum absolute atomic E-state index is 0.0144. The second-order valence-electron chi connectivity index (χ2n) is 10.8. The molecule has 11 heteroatoms. The van der Waals surface area contributed by atoms with E-state index in [1.807, 2.05) is 44.2 Å². The number of hydrogen-bond donors (Lipinski definition) is 1. The number of ether oxygens (including phenoxy) is 1. The van der Waals surface area contributed by atoms with Crippen LogP contribution in [0.1, 0.15) is 37.8 Å². The summed E-state index contributed by atoms with van der Waals surface area (Å²) in [7, 11) is -4.23. The number of unbranched alkanes of at least 4 members (excludes halogenated alkanes) is 1. The molecule has 4 aromatic carbocycles. The van der Waals surface area contributed by atoms with Crippen LogP contribution in [0.2, 0.25) is 10.0 Å². The van der Waals surface area contributed by atoms with Gasteiger partial charge in [0.2, 0.25) is 11.8 Å². The zero-order chi connectivity index (χ0) is 33.8. The molecule has 4 aromatic rings. The van der Waals surface area contributed by atoms with E-state index in [4.69, 9.17) is 27.9 Å². The molecular weight excluding hydrogens is 657 g/mol. The van der Waals surface area contributed by atoms with Crippen molar-refractivity contribution in [1.82, 2.24) is 10.2 Å². The predicted molar refractivity (Wildman–Crippen MR) is 187 cm³/mol. The Morgan fingerprint density at radius 2 is 1.45 bits per heavy atom. The maximum absolute atomic E-state index is 14.6. The van der Waals surface area contributed by atoms with Crippen molar-refractivity contribution in [2.24, 2.45) is 0 Å². The SMILES string of the molecule is CCCCNC(=O)[C@@H](Cc1ccccc1)N(Cc1c(Cl)cccc1Cl)C(=O)CN(c1ccc(OCC)cc1)S(=O)(=O)c1ccccc1. The average molecular weight is 697 g/mol. The fourth-order valence-electron chi connectivity index (χ4n) is 5.04. The van der Waals surface area contributed by atoms with E-state index in [1.54, 1.807) is 60.7 Å². The molecule has 0 aliphatic carbocycles. The molecule has 1 N–H and O–H groups in total. The highest BCUT2D eigenvalue weighted by Gasteiger charge is 2.35. The smallest absolute Gasteiger partial charge is 0.264 e. The van der Waals surface area contributed by atoms with E-state index in [9.17, 15) is 18.0 Å². The summed E-state index contributed by atoms with van der Waals surface area (Å²) in [6.07, 6.45) is 1.81. The van der Waals surface area contributed by atoms with Crippen LogP contribution in [-0.2, 0) is 32.6 Å². The summed E-state index contributed by atoms with van der Waals surface area (Å²) in [4.78, 5) is 29.9. The number of halogens is 2. The summed E-state index contributed by atoms with van der Waals surface area (Å²) < 4.78 is 34.9. The van der Waals surface area contributed by atoms with Crippen LogP contribution in [0.4, 0.5) is 5.69 Å². The fourth-order valence-corrected chi connectivity index (χ4v) is 6.99. The van der Waals surface area contributed by atoms with Crippen LogP contribution < -0.4 is 14.4 Å². The van der Waals surface area contributed by atoms with Gasteiger partial charge in [0.1, 0.15) is 18.3 Å². The molecule has 0 bridgehead atoms. The van der Waals surface area contributed by atoms with Crippen molar-refractivity contribution in [1.29, 1.82) is 0 Å². The number of nitrogens with zero attached hydrogens (tertiary/aromatic N) is 2. The van der Waals surface area contributed by atoms with Gasteiger partial charge in [0.25, 0.3) is 10.0 Å². The number of rotatable bonds is 16. The lowest BCUT2D eigenvalue weighted by molar-refractivity contribution is -0.140. The summed E-state index contributed by atoms with van der Waals surface area (Å²) in [5.74, 6) is -0.417. The molecule has 47 heavy (non-hydrogen) atoms. The van der Waals surface area contributed by atoms with Gasteiger partial charge in [-0.1, -0.05) is 91.1 Å². The van der Waals surface area contributed by atoms with Crippen molar-refractivity contribution >= 4 is 50.7 Å². The summed E-state index contributed by atoms with van der Waals surface area (Å²) >= 11 is 13.2. The Bertz CT molecular complexity index is 1700. The quantitative estimate of drug-likeness (QED) is 0.126. The van der Waals surface area contributed by atoms with Crippen molar-refractivity contribution in [3.8, 4) is 5.75 Å². The third-order valence-corrected chi connectivity index (χ3v) is 10.0. The predicted octanol–water partition coefficient (Wildman–Crippen LogP) is 7.14. The fraction of sp³-hybridized carbons (Fsp3) is 0.278. The van der Waals surface area contributed by atoms with Crippen LogP contribution >= 0.6 is 23.2 Å². The number of carbonyl (C=O) groups excluding carboxylic acids is 2. The first-order chi connectivity index (χ1) is 22.6. The van der Waals surface area contributed by atoms with Crippen LogP contribution in [0.3, 0.4) is 0 Å². The Balaban J connectivity index is 1.81. The highest BCUT2D eigenvalue weighted by molar-refractivity contribution is 7.92. The van der Waals surface area contributed by atoms with Gasteiger partial charge in [0.15, 0.2) is 0 Å². The van der Waals surface area contributed by atoms with E-state index in [0.29, 0.717) is 34.5 Å². The Hall–Kier alpha value is -4.05. The number of hydrogen-bond acceptors (Lipinski definition) is 5. The third-order valence-electron chi connectivity index (χ3n) is 7.54. The number of sulfonamides is 1. The molecule has 0 saturated carbocycles. The number of carbonyl (C=O) groups is 2. The number of benzene rings is 4. The number of nitrogens with one attached hydrogen (secondary N) is 1. The summed E-state index contributed by atoms with van der Waals surface area (Å²) in [5.41, 5.74) is 1.53. The largest absolute Gasteiger partial charge is 0.494 e. The first-order valence-corrected chi connectivity index (χ1v) is 17.7. The zero-order valence-corrected chi connectivity index (χ0v) is 28.8. The lowest BCUT2D eigenvalue weighted by Gasteiger charge is -2.34. The summed E-state index contributed by atoms with van der Waals surface area (Å²) in [5, 5.41) is 3.61. The minimum atomic E-state index is -4.23. The molecule has 4 rings (SSSR count). The van der Waals surface area contributed by atoms with E-state index < -0.39 is 28.5 Å². The lowest BCUT2D eigenvalue weighted by atomic mass is 10.0. The first kappa shape index (κ1) is 35.8. The topological polar surface area (TPSA) is 96.0 Å². The lowest BCUT2D eigenvalue weighted by Crippen LogP contribution is -2.53. The maximum Gasteiger partial charge on any atom is 0.264 e. The van der Waals surface area contributed by atoms with Crippen molar-refractivity contribution < 1.29 is 22.7 Å². The second kappa shape index (κ2) is 17.2. The van der Waals surface area contributed by atoms with Gasteiger partial charge in [-0.15, -0.1) is 0 Å². The molecule has 248 valence electrons. The van der Waals surface area contributed by atoms with Crippen molar-refractivity contribution in [2.75, 3.05) is 24.0 Å². The van der Waals surface area contributed by atoms with Crippen molar-refractivity contribution in [3.05, 3.63) is 124 Å². The standard InChI is InChI=1S/C36H39Cl2N3O5S/c1-3-5-23-39-36(43)34(24-27-13-8-6-9-14-27)40(25-31-32(37)17-12-18-33(31)38)35(42)26-41(28-19-21-29(22-20-28)46-4-2)47(44,45)30-15-10-7-11-16-30/h6-22,34H,3-5,23-26H2,1-2H3,(H,39,43)/t34-/m1/s1. The average Bonchev–Trinajstić information content (AvgIpc) is 3.07. The molecule has 0 heterocycles. The number of anilines is 1. The molecule has 0 radical (unpaired) electrons. The normalized spacial score (nSPS) is 11.8. The van der Waals surface area contributed by atoms with Crippen LogP contribution in [0, 0.1) is 0 Å². The molecule has 1 atom stereocenters. The van der Waals surface area contributed by atoms with E-state index in [0.717, 1.165) is 22.7 Å². The molecule has 2 amide bonds. The van der Waals surface area contributed by atoms with E-state index in [-0.39, 0.29) is 29.5 Å². The monoisotopic (exact) mass is 695 g/mol. The molecule has 0 spiro atoms. The minimum Gasteiger partial charge on any atom is -0.494 e. The van der Waals surface area contributed by atoms with Gasteiger partial charge in [-0.05, 0) is 67.4 Å². The Morgan fingerprint density at radius 3 is 2.04 bits per heavy atom. The summed E-state index contributed by atoms with van der Waals surface area (Å²) in [6, 6.07) is 27.7. The summed E-state index contributed by atoms with van der Waals surface area (Å²) in [6.45, 7) is 4.01. The molecule has 0 unspecified atom stereocenters. The molecule has 0 aromatic heterocycles. The van der Waals surface area contributed by atoms with Crippen LogP contribution in [0.5, 0.6) is 5.75 Å². The number of amides is 2. The molecule has 0 aliphatic rings. The zero-order valence-electron chi connectivity index (χ0n) is 26.4. The molecule has 8 nitrogen and oxygen atoms in total. The third kappa shape index (κ3) is 9.50. The van der Waals surface area contributed by atoms with Crippen LogP contribution in [0.15, 0.2) is 108 Å². The van der Waals surface area contributed by atoms with Gasteiger partial charge in [0.05, 0.1) is 17.2 Å². The van der Waals surface area contributed by atoms with Crippen LogP contribution in [-0.4, -0.2) is 50.9 Å². The van der Waals surface area contributed by atoms with E-state index in [1.165, 1.54) is 17.0 Å². The Labute approximate surface area is 287 Å². The van der Waals surface area contributed by atoms with Gasteiger partial charge in [-0.3, -0.25) is 13.9 Å². The maximum atomic E-state index is 14.6. The molecular formula is C36H39Cl2N3O5S. The highest BCUT2D eigenvalue weighted by atomic mass is 35.5. The van der Waals surface area contributed by atoms with Gasteiger partial charge in [-0.25, -0.2) is 8.42 Å². The Morgan fingerprint density at radius 1 is 0.830 bits per heavy atom. The Kier molecular flexibility index (Phi) is 13.1. The second-order valence-corrected chi connectivity index (χ2v) is 13.5. The van der Waals surface area contributed by atoms with Gasteiger partial charge in [0, 0.05) is 35.1 Å².